The fourth-order valence-corrected chi connectivity index (χ4v) is 4.09. The summed E-state index contributed by atoms with van der Waals surface area (Å²) in [5.74, 6) is -0.688. The van der Waals surface area contributed by atoms with Gasteiger partial charge in [0.25, 0.3) is 0 Å². The van der Waals surface area contributed by atoms with Crippen molar-refractivity contribution in [2.24, 2.45) is 0 Å². The molecule has 6 heteroatoms. The first-order chi connectivity index (χ1) is 12.5. The van der Waals surface area contributed by atoms with Crippen molar-refractivity contribution in [2.45, 2.75) is 40.1 Å². The first-order valence-corrected chi connectivity index (χ1v) is 10.6. The maximum atomic E-state index is 12.4. The van der Waals surface area contributed by atoms with Gasteiger partial charge in [-0.05, 0) is 67.6 Å². The predicted molar refractivity (Wildman–Crippen MR) is 105 cm³/mol. The van der Waals surface area contributed by atoms with E-state index in [0.29, 0.717) is 16.7 Å². The molecule has 0 spiro atoms. The molecule has 0 heterocycles. The summed E-state index contributed by atoms with van der Waals surface area (Å²) in [5, 5.41) is 0. The Bertz CT molecular complexity index is 1000. The van der Waals surface area contributed by atoms with Crippen molar-refractivity contribution in [2.75, 3.05) is 6.26 Å². The second-order valence-electron chi connectivity index (χ2n) is 6.89. The number of benzene rings is 2. The van der Waals surface area contributed by atoms with Gasteiger partial charge in [0, 0.05) is 11.8 Å². The molecule has 0 N–H and O–H groups in total. The molecule has 2 rings (SSSR count). The zero-order valence-corrected chi connectivity index (χ0v) is 17.1. The number of ketones is 1. The molecule has 0 aromatic heterocycles. The minimum Gasteiger partial charge on any atom is -0.457 e. The Morgan fingerprint density at radius 1 is 1.04 bits per heavy atom. The van der Waals surface area contributed by atoms with Gasteiger partial charge >= 0.3 is 5.97 Å². The third kappa shape index (κ3) is 5.26. The van der Waals surface area contributed by atoms with Crippen molar-refractivity contribution in [3.63, 3.8) is 0 Å². The van der Waals surface area contributed by atoms with Crippen molar-refractivity contribution >= 4 is 21.6 Å². The van der Waals surface area contributed by atoms with E-state index in [-0.39, 0.29) is 18.1 Å². The van der Waals surface area contributed by atoms with Gasteiger partial charge in [0.15, 0.2) is 15.6 Å². The van der Waals surface area contributed by atoms with Crippen LogP contribution in [0.25, 0.3) is 0 Å². The Hall–Kier alpha value is -2.47. The van der Waals surface area contributed by atoms with Gasteiger partial charge in [-0.25, -0.2) is 13.2 Å². The standard InChI is InChI=1S/C21H24O5S/c1-13-9-14(2)20(16(4)22)15(3)19(13)11-26-21(23)18-8-6-7-17(10-18)12-27(5,24)25/h6-10H,11-12H2,1-5H3. The molecule has 5 nitrogen and oxygen atoms in total. The Morgan fingerprint density at radius 3 is 2.30 bits per heavy atom. The van der Waals surface area contributed by atoms with Crippen molar-refractivity contribution in [3.8, 4) is 0 Å². The average Bonchev–Trinajstić information content (AvgIpc) is 2.52. The lowest BCUT2D eigenvalue weighted by Gasteiger charge is -2.16. The quantitative estimate of drug-likeness (QED) is 0.557. The van der Waals surface area contributed by atoms with Crippen LogP contribution in [0.4, 0.5) is 0 Å². The number of sulfone groups is 1. The molecule has 0 unspecified atom stereocenters. The normalized spacial score (nSPS) is 11.3. The van der Waals surface area contributed by atoms with E-state index in [1.54, 1.807) is 18.2 Å². The van der Waals surface area contributed by atoms with Crippen LogP contribution in [0, 0.1) is 20.8 Å². The Kier molecular flexibility index (Phi) is 6.21. The summed E-state index contributed by atoms with van der Waals surface area (Å²) >= 11 is 0. The number of esters is 1. The van der Waals surface area contributed by atoms with Crippen molar-refractivity contribution < 1.29 is 22.7 Å². The molecule has 144 valence electrons. The topological polar surface area (TPSA) is 77.5 Å². The summed E-state index contributed by atoms with van der Waals surface area (Å²) in [7, 11) is -3.19. The third-order valence-corrected chi connectivity index (χ3v) is 5.28. The maximum absolute atomic E-state index is 12.4. The van der Waals surface area contributed by atoms with E-state index in [9.17, 15) is 18.0 Å². The number of hydrogen-bond donors (Lipinski definition) is 0. The van der Waals surface area contributed by atoms with Crippen LogP contribution < -0.4 is 0 Å². The summed E-state index contributed by atoms with van der Waals surface area (Å²) in [6, 6.07) is 8.32. The van der Waals surface area contributed by atoms with E-state index in [1.165, 1.54) is 13.0 Å². The SMILES string of the molecule is CC(=O)c1c(C)cc(C)c(COC(=O)c2cccc(CS(C)(=O)=O)c2)c1C. The Balaban J connectivity index is 2.23. The Morgan fingerprint density at radius 2 is 1.70 bits per heavy atom. The van der Waals surface area contributed by atoms with Crippen molar-refractivity contribution in [1.29, 1.82) is 0 Å². The minimum absolute atomic E-state index is 0.0222. The second kappa shape index (κ2) is 8.05. The molecule has 0 amide bonds. The Labute approximate surface area is 160 Å². The number of hydrogen-bond acceptors (Lipinski definition) is 5. The molecule has 27 heavy (non-hydrogen) atoms. The first-order valence-electron chi connectivity index (χ1n) is 8.54. The van der Waals surface area contributed by atoms with Crippen LogP contribution in [0.3, 0.4) is 0 Å². The lowest BCUT2D eigenvalue weighted by Crippen LogP contribution is -2.11. The summed E-state index contributed by atoms with van der Waals surface area (Å²) < 4.78 is 28.3. The van der Waals surface area contributed by atoms with E-state index in [1.807, 2.05) is 26.8 Å². The van der Waals surface area contributed by atoms with Crippen LogP contribution in [0.5, 0.6) is 0 Å². The van der Waals surface area contributed by atoms with Crippen LogP contribution >= 0.6 is 0 Å². The van der Waals surface area contributed by atoms with Gasteiger partial charge in [-0.15, -0.1) is 0 Å². The molecule has 0 aliphatic carbocycles. The van der Waals surface area contributed by atoms with Crippen LogP contribution in [0.1, 0.15) is 55.5 Å². The molecule has 2 aromatic rings. The minimum atomic E-state index is -3.19. The summed E-state index contributed by atoms with van der Waals surface area (Å²) in [5.41, 5.74) is 4.97. The van der Waals surface area contributed by atoms with Gasteiger partial charge in [0.2, 0.25) is 0 Å². The molecule has 0 saturated heterocycles. The molecule has 0 fully saturated rings. The molecular weight excluding hydrogens is 364 g/mol. The predicted octanol–water partition coefficient (Wildman–Crippen LogP) is 3.72. The van der Waals surface area contributed by atoms with Gasteiger partial charge < -0.3 is 4.74 Å². The fourth-order valence-electron chi connectivity index (χ4n) is 3.30. The molecule has 0 aliphatic rings. The summed E-state index contributed by atoms with van der Waals surface area (Å²) in [6.45, 7) is 7.23. The van der Waals surface area contributed by atoms with E-state index < -0.39 is 15.8 Å². The highest BCUT2D eigenvalue weighted by Gasteiger charge is 2.16. The number of aryl methyl sites for hydroxylation is 2. The zero-order chi connectivity index (χ0) is 20.4. The van der Waals surface area contributed by atoms with Gasteiger partial charge in [0.05, 0.1) is 11.3 Å². The third-order valence-electron chi connectivity index (χ3n) is 4.42. The number of rotatable bonds is 6. The summed E-state index contributed by atoms with van der Waals surface area (Å²) in [4.78, 5) is 24.3. The molecule has 0 saturated carbocycles. The molecule has 2 aromatic carbocycles. The second-order valence-corrected chi connectivity index (χ2v) is 9.03. The molecule has 0 radical (unpaired) electrons. The highest BCUT2D eigenvalue weighted by Crippen LogP contribution is 2.24. The van der Waals surface area contributed by atoms with E-state index in [2.05, 4.69) is 0 Å². The highest BCUT2D eigenvalue weighted by atomic mass is 32.2. The number of carbonyl (C=O) groups excluding carboxylic acids is 2. The molecule has 0 atom stereocenters. The fraction of sp³-hybridized carbons (Fsp3) is 0.333. The smallest absolute Gasteiger partial charge is 0.338 e. The molecule has 0 bridgehead atoms. The lowest BCUT2D eigenvalue weighted by molar-refractivity contribution is 0.0471. The van der Waals surface area contributed by atoms with E-state index in [0.717, 1.165) is 28.5 Å². The maximum Gasteiger partial charge on any atom is 0.338 e. The van der Waals surface area contributed by atoms with Crippen LogP contribution in [0.15, 0.2) is 30.3 Å². The largest absolute Gasteiger partial charge is 0.457 e. The first kappa shape index (κ1) is 20.8. The number of ether oxygens (including phenoxy) is 1. The number of Topliss-reactive ketones (excluding diaryl/α,β-unsaturated/α-hetero) is 1. The monoisotopic (exact) mass is 388 g/mol. The average molecular weight is 388 g/mol. The van der Waals surface area contributed by atoms with E-state index in [4.69, 9.17) is 4.74 Å². The molecular formula is C21H24O5S. The summed E-state index contributed by atoms with van der Waals surface area (Å²) in [6.07, 6.45) is 1.15. The van der Waals surface area contributed by atoms with Crippen LogP contribution in [-0.4, -0.2) is 26.4 Å². The van der Waals surface area contributed by atoms with Gasteiger partial charge in [-0.1, -0.05) is 18.2 Å². The van der Waals surface area contributed by atoms with Gasteiger partial charge in [0.1, 0.15) is 6.61 Å². The number of carbonyl (C=O) groups is 2. The highest BCUT2D eigenvalue weighted by molar-refractivity contribution is 7.89. The van der Waals surface area contributed by atoms with Gasteiger partial charge in [-0.2, -0.15) is 0 Å². The van der Waals surface area contributed by atoms with Gasteiger partial charge in [-0.3, -0.25) is 4.79 Å². The zero-order valence-electron chi connectivity index (χ0n) is 16.3. The van der Waals surface area contributed by atoms with E-state index >= 15 is 0 Å². The molecule has 0 aliphatic heterocycles. The lowest BCUT2D eigenvalue weighted by atomic mass is 9.92. The van der Waals surface area contributed by atoms with Crippen LogP contribution in [-0.2, 0) is 26.9 Å². The van der Waals surface area contributed by atoms with Crippen molar-refractivity contribution in [3.05, 3.63) is 69.3 Å². The van der Waals surface area contributed by atoms with Crippen LogP contribution in [0.2, 0.25) is 0 Å². The van der Waals surface area contributed by atoms with Crippen molar-refractivity contribution in [1.82, 2.24) is 0 Å².